The van der Waals surface area contributed by atoms with Crippen LogP contribution in [0.5, 0.6) is 0 Å². The largest absolute Gasteiger partial charge is 0.384 e. The second-order valence-electron chi connectivity index (χ2n) is 6.20. The molecule has 0 unspecified atom stereocenters. The van der Waals surface area contributed by atoms with Gasteiger partial charge in [0.2, 0.25) is 0 Å². The maximum Gasteiger partial charge on any atom is 0.0725 e. The van der Waals surface area contributed by atoms with Gasteiger partial charge < -0.3 is 5.32 Å². The minimum Gasteiger partial charge on any atom is -0.384 e. The van der Waals surface area contributed by atoms with Crippen LogP contribution in [0, 0.1) is 18.3 Å². The average Bonchev–Trinajstić information content (AvgIpc) is 3.17. The first-order chi connectivity index (χ1) is 9.11. The maximum atomic E-state index is 4.59. The molecular weight excluding hydrogens is 232 g/mol. The lowest BCUT2D eigenvalue weighted by molar-refractivity contribution is 0.380. The van der Waals surface area contributed by atoms with Crippen molar-refractivity contribution in [2.45, 2.75) is 33.6 Å². The fraction of sp³-hybridized carbons (Fsp3) is 0.471. The summed E-state index contributed by atoms with van der Waals surface area (Å²) in [5.41, 5.74) is 3.92. The standard InChI is InChI=1S/C17H22N2/c1-12(2)17(8-9-17)11-18-16-10-13(3)19-15-7-5-4-6-14(15)16/h4-7,10,12H,8-9,11H2,1-3H3,(H,18,19). The summed E-state index contributed by atoms with van der Waals surface area (Å²) >= 11 is 0. The Labute approximate surface area is 115 Å². The number of aromatic nitrogens is 1. The summed E-state index contributed by atoms with van der Waals surface area (Å²) in [6, 6.07) is 10.5. The van der Waals surface area contributed by atoms with E-state index in [4.69, 9.17) is 0 Å². The fourth-order valence-electron chi connectivity index (χ4n) is 2.84. The summed E-state index contributed by atoms with van der Waals surface area (Å²) < 4.78 is 0. The molecule has 0 saturated heterocycles. The van der Waals surface area contributed by atoms with Crippen molar-refractivity contribution in [2.75, 3.05) is 11.9 Å². The molecule has 0 radical (unpaired) electrons. The predicted octanol–water partition coefficient (Wildman–Crippen LogP) is 4.39. The zero-order chi connectivity index (χ0) is 13.5. The molecule has 2 aromatic rings. The molecule has 1 aromatic carbocycles. The van der Waals surface area contributed by atoms with E-state index in [1.54, 1.807) is 0 Å². The van der Waals surface area contributed by atoms with Gasteiger partial charge in [-0.3, -0.25) is 4.98 Å². The Hall–Kier alpha value is -1.57. The van der Waals surface area contributed by atoms with Crippen LogP contribution in [0.25, 0.3) is 10.9 Å². The average molecular weight is 254 g/mol. The lowest BCUT2D eigenvalue weighted by atomic mass is 9.92. The molecule has 1 aliphatic carbocycles. The number of fused-ring (bicyclic) bond motifs is 1. The van der Waals surface area contributed by atoms with Crippen LogP contribution in [0.15, 0.2) is 30.3 Å². The molecule has 1 aromatic heterocycles. The van der Waals surface area contributed by atoms with E-state index in [0.717, 1.165) is 23.7 Å². The van der Waals surface area contributed by atoms with Gasteiger partial charge >= 0.3 is 0 Å². The number of aryl methyl sites for hydroxylation is 1. The van der Waals surface area contributed by atoms with Crippen LogP contribution >= 0.6 is 0 Å². The summed E-state index contributed by atoms with van der Waals surface area (Å²) in [5, 5.41) is 4.90. The summed E-state index contributed by atoms with van der Waals surface area (Å²) in [4.78, 5) is 4.59. The van der Waals surface area contributed by atoms with E-state index < -0.39 is 0 Å². The number of nitrogens with zero attached hydrogens (tertiary/aromatic N) is 1. The van der Waals surface area contributed by atoms with Gasteiger partial charge in [-0.05, 0) is 43.2 Å². The van der Waals surface area contributed by atoms with Crippen molar-refractivity contribution in [3.8, 4) is 0 Å². The smallest absolute Gasteiger partial charge is 0.0725 e. The molecule has 1 saturated carbocycles. The van der Waals surface area contributed by atoms with Gasteiger partial charge in [0.05, 0.1) is 5.52 Å². The summed E-state index contributed by atoms with van der Waals surface area (Å²) in [7, 11) is 0. The van der Waals surface area contributed by atoms with Crippen molar-refractivity contribution < 1.29 is 0 Å². The van der Waals surface area contributed by atoms with Gasteiger partial charge in [0.1, 0.15) is 0 Å². The monoisotopic (exact) mass is 254 g/mol. The van der Waals surface area contributed by atoms with Crippen LogP contribution in [0.3, 0.4) is 0 Å². The van der Waals surface area contributed by atoms with Crippen LogP contribution in [-0.4, -0.2) is 11.5 Å². The van der Waals surface area contributed by atoms with Gasteiger partial charge in [-0.15, -0.1) is 0 Å². The lowest BCUT2D eigenvalue weighted by Gasteiger charge is -2.21. The Morgan fingerprint density at radius 2 is 2.00 bits per heavy atom. The molecule has 2 nitrogen and oxygen atoms in total. The molecule has 2 heteroatoms. The third kappa shape index (κ3) is 2.32. The Bertz CT molecular complexity index is 597. The van der Waals surface area contributed by atoms with Crippen LogP contribution in [-0.2, 0) is 0 Å². The highest BCUT2D eigenvalue weighted by Crippen LogP contribution is 2.51. The van der Waals surface area contributed by atoms with Gasteiger partial charge in [0.15, 0.2) is 0 Å². The van der Waals surface area contributed by atoms with Crippen molar-refractivity contribution in [1.82, 2.24) is 4.98 Å². The van der Waals surface area contributed by atoms with Gasteiger partial charge in [-0.2, -0.15) is 0 Å². The molecule has 1 fully saturated rings. The third-order valence-electron chi connectivity index (χ3n) is 4.59. The first-order valence-electron chi connectivity index (χ1n) is 7.21. The Balaban J connectivity index is 1.88. The van der Waals surface area contributed by atoms with Crippen molar-refractivity contribution in [2.24, 2.45) is 11.3 Å². The molecular formula is C17H22N2. The molecule has 0 amide bonds. The van der Waals surface area contributed by atoms with Crippen molar-refractivity contribution in [3.63, 3.8) is 0 Å². The fourth-order valence-corrected chi connectivity index (χ4v) is 2.84. The quantitative estimate of drug-likeness (QED) is 0.875. The lowest BCUT2D eigenvalue weighted by Crippen LogP contribution is -2.21. The Morgan fingerprint density at radius 1 is 1.26 bits per heavy atom. The first-order valence-corrected chi connectivity index (χ1v) is 7.21. The van der Waals surface area contributed by atoms with Crippen LogP contribution in [0.4, 0.5) is 5.69 Å². The molecule has 0 atom stereocenters. The predicted molar refractivity (Wildman–Crippen MR) is 81.5 cm³/mol. The second kappa shape index (κ2) is 4.52. The number of anilines is 1. The zero-order valence-electron chi connectivity index (χ0n) is 12.0. The molecule has 19 heavy (non-hydrogen) atoms. The highest BCUT2D eigenvalue weighted by atomic mass is 14.9. The molecule has 1 heterocycles. The number of hydrogen-bond acceptors (Lipinski definition) is 2. The van der Waals surface area contributed by atoms with Gasteiger partial charge in [-0.1, -0.05) is 32.0 Å². The molecule has 1 aliphatic rings. The van der Waals surface area contributed by atoms with E-state index in [-0.39, 0.29) is 0 Å². The van der Waals surface area contributed by atoms with Gasteiger partial charge in [0.25, 0.3) is 0 Å². The van der Waals surface area contributed by atoms with E-state index in [9.17, 15) is 0 Å². The number of nitrogens with one attached hydrogen (secondary N) is 1. The Kier molecular flexibility index (Phi) is 2.96. The van der Waals surface area contributed by atoms with Gasteiger partial charge in [-0.25, -0.2) is 0 Å². The van der Waals surface area contributed by atoms with E-state index in [2.05, 4.69) is 61.4 Å². The Morgan fingerprint density at radius 3 is 2.68 bits per heavy atom. The molecule has 100 valence electrons. The maximum absolute atomic E-state index is 4.59. The molecule has 0 aliphatic heterocycles. The van der Waals surface area contributed by atoms with Crippen molar-refractivity contribution in [1.29, 1.82) is 0 Å². The molecule has 0 spiro atoms. The summed E-state index contributed by atoms with van der Waals surface area (Å²) in [5.74, 6) is 0.759. The number of para-hydroxylation sites is 1. The minimum absolute atomic E-state index is 0.526. The SMILES string of the molecule is Cc1cc(NCC2(C(C)C)CC2)c2ccccc2n1. The van der Waals surface area contributed by atoms with Crippen molar-refractivity contribution >= 4 is 16.6 Å². The minimum atomic E-state index is 0.526. The van der Waals surface area contributed by atoms with Gasteiger partial charge in [0, 0.05) is 23.3 Å². The highest BCUT2D eigenvalue weighted by molar-refractivity contribution is 5.91. The third-order valence-corrected chi connectivity index (χ3v) is 4.59. The van der Waals surface area contributed by atoms with E-state index in [1.807, 2.05) is 0 Å². The summed E-state index contributed by atoms with van der Waals surface area (Å²) in [6.45, 7) is 7.82. The van der Waals surface area contributed by atoms with E-state index in [0.29, 0.717) is 5.41 Å². The van der Waals surface area contributed by atoms with Crippen molar-refractivity contribution in [3.05, 3.63) is 36.0 Å². The van der Waals surface area contributed by atoms with Crippen LogP contribution in [0.1, 0.15) is 32.4 Å². The number of hydrogen-bond donors (Lipinski definition) is 1. The van der Waals surface area contributed by atoms with Crippen LogP contribution in [0.2, 0.25) is 0 Å². The second-order valence-corrected chi connectivity index (χ2v) is 6.20. The molecule has 3 rings (SSSR count). The first kappa shape index (κ1) is 12.5. The molecule has 1 N–H and O–H groups in total. The number of benzene rings is 1. The summed E-state index contributed by atoms with van der Waals surface area (Å²) in [6.07, 6.45) is 2.72. The van der Waals surface area contributed by atoms with E-state index >= 15 is 0 Å². The van der Waals surface area contributed by atoms with E-state index in [1.165, 1.54) is 23.9 Å². The van der Waals surface area contributed by atoms with Crippen LogP contribution < -0.4 is 5.32 Å². The highest BCUT2D eigenvalue weighted by Gasteiger charge is 2.44. The molecule has 0 bridgehead atoms. The number of pyridine rings is 1. The number of rotatable bonds is 4. The zero-order valence-corrected chi connectivity index (χ0v) is 12.0. The normalized spacial score (nSPS) is 16.8. The topological polar surface area (TPSA) is 24.9 Å².